The van der Waals surface area contributed by atoms with Gasteiger partial charge in [0.2, 0.25) is 5.91 Å². The standard InChI is InChI=1S/C15H12Cl2FNO/c1-10-5-7-11(8-6-10)19(14(20)9-16)15-12(17)3-2-4-13(15)18/h2-8H,9H2,1H3. The molecule has 20 heavy (non-hydrogen) atoms. The van der Waals surface area contributed by atoms with Crippen molar-refractivity contribution >= 4 is 40.5 Å². The summed E-state index contributed by atoms with van der Waals surface area (Å²) in [6.45, 7) is 1.92. The zero-order valence-electron chi connectivity index (χ0n) is 10.7. The maximum atomic E-state index is 14.0. The van der Waals surface area contributed by atoms with Gasteiger partial charge in [-0.1, -0.05) is 35.4 Å². The Morgan fingerprint density at radius 2 is 1.85 bits per heavy atom. The molecule has 104 valence electrons. The number of carbonyl (C=O) groups excluding carboxylic acids is 1. The Balaban J connectivity index is 2.59. The van der Waals surface area contributed by atoms with E-state index in [1.807, 2.05) is 19.1 Å². The average molecular weight is 312 g/mol. The molecule has 0 aliphatic carbocycles. The van der Waals surface area contributed by atoms with Gasteiger partial charge in [0.25, 0.3) is 0 Å². The monoisotopic (exact) mass is 311 g/mol. The van der Waals surface area contributed by atoms with Gasteiger partial charge in [-0.15, -0.1) is 11.6 Å². The minimum Gasteiger partial charge on any atom is -0.276 e. The number of alkyl halides is 1. The van der Waals surface area contributed by atoms with E-state index in [0.29, 0.717) is 5.69 Å². The van der Waals surface area contributed by atoms with Gasteiger partial charge in [0.15, 0.2) is 0 Å². The van der Waals surface area contributed by atoms with Crippen molar-refractivity contribution in [2.24, 2.45) is 0 Å². The van der Waals surface area contributed by atoms with E-state index in [-0.39, 0.29) is 16.6 Å². The lowest BCUT2D eigenvalue weighted by molar-refractivity contribution is -0.115. The van der Waals surface area contributed by atoms with E-state index in [9.17, 15) is 9.18 Å². The van der Waals surface area contributed by atoms with E-state index in [0.717, 1.165) is 5.56 Å². The summed E-state index contributed by atoms with van der Waals surface area (Å²) >= 11 is 11.7. The molecule has 0 fully saturated rings. The highest BCUT2D eigenvalue weighted by Gasteiger charge is 2.22. The number of para-hydroxylation sites is 1. The lowest BCUT2D eigenvalue weighted by Gasteiger charge is -2.23. The summed E-state index contributed by atoms with van der Waals surface area (Å²) in [6.07, 6.45) is 0. The first kappa shape index (κ1) is 14.8. The van der Waals surface area contributed by atoms with Crippen LogP contribution in [0.4, 0.5) is 15.8 Å². The number of halogens is 3. The predicted octanol–water partition coefficient (Wildman–Crippen LogP) is 4.69. The summed E-state index contributed by atoms with van der Waals surface area (Å²) in [7, 11) is 0. The smallest absolute Gasteiger partial charge is 0.246 e. The van der Waals surface area contributed by atoms with Crippen molar-refractivity contribution in [1.29, 1.82) is 0 Å². The molecule has 0 aliphatic heterocycles. The average Bonchev–Trinajstić information content (AvgIpc) is 2.44. The van der Waals surface area contributed by atoms with Crippen LogP contribution < -0.4 is 4.90 Å². The SMILES string of the molecule is Cc1ccc(N(C(=O)CCl)c2c(F)cccc2Cl)cc1. The Morgan fingerprint density at radius 1 is 1.20 bits per heavy atom. The molecule has 0 aromatic heterocycles. The third kappa shape index (κ3) is 2.94. The molecule has 0 radical (unpaired) electrons. The minimum absolute atomic E-state index is 0.0173. The quantitative estimate of drug-likeness (QED) is 0.753. The van der Waals surface area contributed by atoms with Crippen LogP contribution in [0.3, 0.4) is 0 Å². The molecule has 0 saturated carbocycles. The summed E-state index contributed by atoms with van der Waals surface area (Å²) in [5, 5.41) is 0.157. The normalized spacial score (nSPS) is 10.4. The van der Waals surface area contributed by atoms with E-state index < -0.39 is 11.7 Å². The zero-order valence-corrected chi connectivity index (χ0v) is 12.2. The Labute approximate surface area is 126 Å². The summed E-state index contributed by atoms with van der Waals surface area (Å²) in [5.74, 6) is -1.28. The Kier molecular flexibility index (Phi) is 4.63. The third-order valence-corrected chi connectivity index (χ3v) is 3.35. The van der Waals surface area contributed by atoms with Gasteiger partial charge < -0.3 is 0 Å². The van der Waals surface area contributed by atoms with Crippen LogP contribution in [0.5, 0.6) is 0 Å². The highest BCUT2D eigenvalue weighted by atomic mass is 35.5. The first-order valence-electron chi connectivity index (χ1n) is 5.94. The molecule has 0 atom stereocenters. The predicted molar refractivity (Wildman–Crippen MR) is 80.5 cm³/mol. The van der Waals surface area contributed by atoms with Crippen molar-refractivity contribution < 1.29 is 9.18 Å². The lowest BCUT2D eigenvalue weighted by atomic mass is 10.2. The number of hydrogen-bond acceptors (Lipinski definition) is 1. The van der Waals surface area contributed by atoms with E-state index >= 15 is 0 Å². The van der Waals surface area contributed by atoms with Crippen LogP contribution in [-0.4, -0.2) is 11.8 Å². The van der Waals surface area contributed by atoms with Gasteiger partial charge in [-0.05, 0) is 31.2 Å². The largest absolute Gasteiger partial charge is 0.276 e. The second-order valence-corrected chi connectivity index (χ2v) is 4.94. The summed E-state index contributed by atoms with van der Waals surface area (Å²) in [6, 6.07) is 11.4. The van der Waals surface area contributed by atoms with Gasteiger partial charge in [-0.25, -0.2) is 4.39 Å². The van der Waals surface area contributed by atoms with Gasteiger partial charge in [-0.3, -0.25) is 9.69 Å². The van der Waals surface area contributed by atoms with Gasteiger partial charge >= 0.3 is 0 Å². The van der Waals surface area contributed by atoms with Crippen LogP contribution in [0.2, 0.25) is 5.02 Å². The van der Waals surface area contributed by atoms with Crippen molar-refractivity contribution in [2.75, 3.05) is 10.8 Å². The fourth-order valence-electron chi connectivity index (χ4n) is 1.85. The van der Waals surface area contributed by atoms with Crippen molar-refractivity contribution in [3.05, 3.63) is 58.9 Å². The Hall–Kier alpha value is -1.58. The molecule has 1 amide bonds. The zero-order chi connectivity index (χ0) is 14.7. The molecular formula is C15H12Cl2FNO. The van der Waals surface area contributed by atoms with Crippen LogP contribution in [0.25, 0.3) is 0 Å². The van der Waals surface area contributed by atoms with Gasteiger partial charge in [0, 0.05) is 5.69 Å². The van der Waals surface area contributed by atoms with Gasteiger partial charge in [-0.2, -0.15) is 0 Å². The maximum absolute atomic E-state index is 14.0. The molecule has 5 heteroatoms. The highest BCUT2D eigenvalue weighted by molar-refractivity contribution is 6.35. The third-order valence-electron chi connectivity index (χ3n) is 2.82. The number of hydrogen-bond donors (Lipinski definition) is 0. The van der Waals surface area contributed by atoms with Crippen LogP contribution in [-0.2, 0) is 4.79 Å². The molecule has 0 saturated heterocycles. The molecule has 0 heterocycles. The first-order valence-corrected chi connectivity index (χ1v) is 6.85. The number of aryl methyl sites for hydroxylation is 1. The van der Waals surface area contributed by atoms with Crippen LogP contribution in [0.15, 0.2) is 42.5 Å². The molecule has 2 aromatic rings. The second-order valence-electron chi connectivity index (χ2n) is 4.27. The molecular weight excluding hydrogens is 300 g/mol. The molecule has 0 spiro atoms. The van der Waals surface area contributed by atoms with Gasteiger partial charge in [0.05, 0.1) is 5.02 Å². The number of carbonyl (C=O) groups is 1. The van der Waals surface area contributed by atoms with Crippen LogP contribution in [0, 0.1) is 12.7 Å². The fraction of sp³-hybridized carbons (Fsp3) is 0.133. The molecule has 0 unspecified atom stereocenters. The van der Waals surface area contributed by atoms with E-state index in [2.05, 4.69) is 0 Å². The van der Waals surface area contributed by atoms with Crippen molar-refractivity contribution in [2.45, 2.75) is 6.92 Å². The number of anilines is 2. The Morgan fingerprint density at radius 3 is 2.40 bits per heavy atom. The van der Waals surface area contributed by atoms with E-state index in [1.54, 1.807) is 12.1 Å². The summed E-state index contributed by atoms with van der Waals surface area (Å²) in [5.41, 5.74) is 1.57. The molecule has 0 bridgehead atoms. The molecule has 0 N–H and O–H groups in total. The van der Waals surface area contributed by atoms with Gasteiger partial charge in [0.1, 0.15) is 17.4 Å². The van der Waals surface area contributed by atoms with Crippen LogP contribution >= 0.6 is 23.2 Å². The Bertz CT molecular complexity index is 608. The fourth-order valence-corrected chi connectivity index (χ4v) is 2.22. The number of rotatable bonds is 3. The first-order chi connectivity index (χ1) is 9.54. The minimum atomic E-state index is -0.573. The highest BCUT2D eigenvalue weighted by Crippen LogP contribution is 2.34. The molecule has 2 nitrogen and oxygen atoms in total. The number of amides is 1. The van der Waals surface area contributed by atoms with Crippen molar-refractivity contribution in [1.82, 2.24) is 0 Å². The molecule has 2 rings (SSSR count). The van der Waals surface area contributed by atoms with E-state index in [4.69, 9.17) is 23.2 Å². The molecule has 2 aromatic carbocycles. The number of nitrogens with zero attached hydrogens (tertiary/aromatic N) is 1. The summed E-state index contributed by atoms with van der Waals surface area (Å²) in [4.78, 5) is 13.3. The summed E-state index contributed by atoms with van der Waals surface area (Å²) < 4.78 is 14.0. The van der Waals surface area contributed by atoms with Crippen LogP contribution in [0.1, 0.15) is 5.56 Å². The van der Waals surface area contributed by atoms with E-state index in [1.165, 1.54) is 23.1 Å². The maximum Gasteiger partial charge on any atom is 0.246 e. The topological polar surface area (TPSA) is 20.3 Å². The number of benzene rings is 2. The molecule has 0 aliphatic rings. The second kappa shape index (κ2) is 6.25. The van der Waals surface area contributed by atoms with Crippen molar-refractivity contribution in [3.63, 3.8) is 0 Å². The lowest BCUT2D eigenvalue weighted by Crippen LogP contribution is -2.28. The van der Waals surface area contributed by atoms with Crippen molar-refractivity contribution in [3.8, 4) is 0 Å².